The molecular formula is C18H18N2O4S. The van der Waals surface area contributed by atoms with Crippen molar-refractivity contribution in [2.24, 2.45) is 0 Å². The van der Waals surface area contributed by atoms with E-state index in [1.807, 2.05) is 42.5 Å². The summed E-state index contributed by atoms with van der Waals surface area (Å²) in [6.07, 6.45) is -0.215. The monoisotopic (exact) mass is 358 g/mol. The first-order valence-corrected chi connectivity index (χ1v) is 9.04. The van der Waals surface area contributed by atoms with Crippen molar-refractivity contribution in [1.82, 2.24) is 10.2 Å². The normalized spacial score (nSPS) is 15.4. The van der Waals surface area contributed by atoms with Gasteiger partial charge in [0.15, 0.2) is 0 Å². The van der Waals surface area contributed by atoms with Crippen LogP contribution in [-0.4, -0.2) is 46.0 Å². The number of hydrogen-bond donors (Lipinski definition) is 2. The van der Waals surface area contributed by atoms with E-state index in [0.717, 1.165) is 16.3 Å². The van der Waals surface area contributed by atoms with Gasteiger partial charge in [-0.25, -0.2) is 0 Å². The Labute approximate surface area is 149 Å². The number of carbonyl (C=O) groups excluding carboxylic acids is 2. The number of amides is 2. The van der Waals surface area contributed by atoms with E-state index in [9.17, 15) is 19.5 Å². The zero-order chi connectivity index (χ0) is 17.8. The highest BCUT2D eigenvalue weighted by atomic mass is 32.2. The largest absolute Gasteiger partial charge is 0.481 e. The van der Waals surface area contributed by atoms with E-state index < -0.39 is 12.0 Å². The van der Waals surface area contributed by atoms with E-state index in [4.69, 9.17) is 0 Å². The molecule has 0 saturated carbocycles. The molecule has 130 valence electrons. The quantitative estimate of drug-likeness (QED) is 0.825. The average molecular weight is 358 g/mol. The van der Waals surface area contributed by atoms with Crippen molar-refractivity contribution in [3.8, 4) is 0 Å². The molecule has 2 aromatic rings. The fourth-order valence-corrected chi connectivity index (χ4v) is 3.71. The number of carboxylic acid groups (broad SMARTS) is 1. The fourth-order valence-electron chi connectivity index (χ4n) is 2.80. The number of benzene rings is 2. The molecule has 0 radical (unpaired) electrons. The molecule has 1 atom stereocenters. The zero-order valence-corrected chi connectivity index (χ0v) is 14.3. The molecule has 6 nitrogen and oxygen atoms in total. The molecule has 7 heteroatoms. The molecule has 0 unspecified atom stereocenters. The second kappa shape index (κ2) is 7.57. The lowest BCUT2D eigenvalue weighted by Gasteiger charge is -2.20. The van der Waals surface area contributed by atoms with Crippen LogP contribution in [0, 0.1) is 0 Å². The lowest BCUT2D eigenvalue weighted by molar-refractivity contribution is -0.138. The Morgan fingerprint density at radius 2 is 1.96 bits per heavy atom. The molecule has 3 rings (SSSR count). The molecule has 0 aliphatic carbocycles. The molecule has 1 aliphatic heterocycles. The zero-order valence-electron chi connectivity index (χ0n) is 13.5. The van der Waals surface area contributed by atoms with Gasteiger partial charge in [0.2, 0.25) is 11.8 Å². The number of carboxylic acids is 1. The van der Waals surface area contributed by atoms with Crippen LogP contribution < -0.4 is 5.32 Å². The smallest absolute Gasteiger partial charge is 0.305 e. The maximum Gasteiger partial charge on any atom is 0.305 e. The van der Waals surface area contributed by atoms with Gasteiger partial charge in [-0.2, -0.15) is 0 Å². The number of nitrogens with one attached hydrogen (secondary N) is 1. The first-order valence-electron chi connectivity index (χ1n) is 7.88. The molecule has 25 heavy (non-hydrogen) atoms. The second-order valence-electron chi connectivity index (χ2n) is 5.89. The molecule has 2 N–H and O–H groups in total. The van der Waals surface area contributed by atoms with Crippen LogP contribution in [0.2, 0.25) is 0 Å². The Balaban J connectivity index is 1.77. The van der Waals surface area contributed by atoms with E-state index in [1.165, 1.54) is 16.7 Å². The number of aliphatic carboxylic acids is 1. The van der Waals surface area contributed by atoms with E-state index in [0.29, 0.717) is 11.6 Å². The Morgan fingerprint density at radius 1 is 1.20 bits per heavy atom. The van der Waals surface area contributed by atoms with Crippen molar-refractivity contribution in [2.75, 3.05) is 18.2 Å². The summed E-state index contributed by atoms with van der Waals surface area (Å²) in [6.45, 7) is -0.0461. The van der Waals surface area contributed by atoms with Gasteiger partial charge in [0.05, 0.1) is 24.1 Å². The Kier molecular flexibility index (Phi) is 5.23. The molecule has 0 spiro atoms. The van der Waals surface area contributed by atoms with Gasteiger partial charge >= 0.3 is 5.97 Å². The molecule has 1 aliphatic rings. The van der Waals surface area contributed by atoms with E-state index >= 15 is 0 Å². The standard InChI is InChI=1S/C18H18N2O4S/c21-16(9-20-11-25-10-17(20)22)19-15(8-18(23)24)14-6-5-12-3-1-2-4-13(12)7-14/h1-7,15H,8-11H2,(H,19,21)(H,23,24)/t15-/m0/s1. The topological polar surface area (TPSA) is 86.7 Å². The molecular weight excluding hydrogens is 340 g/mol. The summed E-state index contributed by atoms with van der Waals surface area (Å²) in [5, 5.41) is 14.0. The number of nitrogens with zero attached hydrogens (tertiary/aromatic N) is 1. The van der Waals surface area contributed by atoms with Crippen LogP contribution in [0.3, 0.4) is 0 Å². The number of hydrogen-bond acceptors (Lipinski definition) is 4. The predicted octanol–water partition coefficient (Wildman–Crippen LogP) is 2.00. The maximum absolute atomic E-state index is 12.3. The van der Waals surface area contributed by atoms with Crippen molar-refractivity contribution in [3.63, 3.8) is 0 Å². The highest BCUT2D eigenvalue weighted by molar-refractivity contribution is 8.00. The van der Waals surface area contributed by atoms with E-state index in [-0.39, 0.29) is 24.8 Å². The summed E-state index contributed by atoms with van der Waals surface area (Å²) in [5.74, 6) is -0.537. The van der Waals surface area contributed by atoms with Crippen molar-refractivity contribution in [3.05, 3.63) is 48.0 Å². The number of rotatable bonds is 6. The van der Waals surface area contributed by atoms with Gasteiger partial charge in [-0.1, -0.05) is 36.4 Å². The minimum Gasteiger partial charge on any atom is -0.481 e. The summed E-state index contributed by atoms with van der Waals surface area (Å²) < 4.78 is 0. The fraction of sp³-hybridized carbons (Fsp3) is 0.278. The summed E-state index contributed by atoms with van der Waals surface area (Å²) in [6, 6.07) is 12.7. The van der Waals surface area contributed by atoms with Crippen LogP contribution in [0.15, 0.2) is 42.5 Å². The van der Waals surface area contributed by atoms with Gasteiger partial charge in [0, 0.05) is 0 Å². The molecule has 2 amide bonds. The van der Waals surface area contributed by atoms with Crippen LogP contribution in [0.4, 0.5) is 0 Å². The third-order valence-corrected chi connectivity index (χ3v) is 5.00. The van der Waals surface area contributed by atoms with Crippen molar-refractivity contribution >= 4 is 40.3 Å². The minimum absolute atomic E-state index is 0.0461. The Hall–Kier alpha value is -2.54. The highest BCUT2D eigenvalue weighted by Crippen LogP contribution is 2.23. The van der Waals surface area contributed by atoms with E-state index in [2.05, 4.69) is 5.32 Å². The average Bonchev–Trinajstić information content (AvgIpc) is 2.98. The Morgan fingerprint density at radius 3 is 2.64 bits per heavy atom. The van der Waals surface area contributed by atoms with Crippen LogP contribution in [-0.2, 0) is 14.4 Å². The molecule has 0 aromatic heterocycles. The lowest BCUT2D eigenvalue weighted by atomic mass is 9.99. The summed E-state index contributed by atoms with van der Waals surface area (Å²) >= 11 is 1.46. The van der Waals surface area contributed by atoms with Crippen LogP contribution in [0.5, 0.6) is 0 Å². The first kappa shape index (κ1) is 17.3. The first-order chi connectivity index (χ1) is 12.0. The second-order valence-corrected chi connectivity index (χ2v) is 6.85. The van der Waals surface area contributed by atoms with Crippen molar-refractivity contribution < 1.29 is 19.5 Å². The van der Waals surface area contributed by atoms with Gasteiger partial charge < -0.3 is 15.3 Å². The van der Waals surface area contributed by atoms with Gasteiger partial charge in [0.25, 0.3) is 0 Å². The molecule has 0 bridgehead atoms. The van der Waals surface area contributed by atoms with Gasteiger partial charge in [0.1, 0.15) is 6.54 Å². The molecule has 1 saturated heterocycles. The Bertz CT molecular complexity index is 824. The van der Waals surface area contributed by atoms with Crippen LogP contribution in [0.25, 0.3) is 10.8 Å². The van der Waals surface area contributed by atoms with Crippen molar-refractivity contribution in [1.29, 1.82) is 0 Å². The molecule has 1 heterocycles. The summed E-state index contributed by atoms with van der Waals surface area (Å²) in [7, 11) is 0. The highest BCUT2D eigenvalue weighted by Gasteiger charge is 2.25. The van der Waals surface area contributed by atoms with Crippen LogP contribution >= 0.6 is 11.8 Å². The third kappa shape index (κ3) is 4.30. The summed E-state index contributed by atoms with van der Waals surface area (Å²) in [5.41, 5.74) is 0.733. The predicted molar refractivity (Wildman–Crippen MR) is 96.1 cm³/mol. The van der Waals surface area contributed by atoms with Crippen LogP contribution in [0.1, 0.15) is 18.0 Å². The SMILES string of the molecule is O=C(O)C[C@H](NC(=O)CN1CSCC1=O)c1ccc2ccccc2c1. The summed E-state index contributed by atoms with van der Waals surface area (Å²) in [4.78, 5) is 36.6. The number of fused-ring (bicyclic) bond motifs is 1. The molecule has 1 fully saturated rings. The number of carbonyl (C=O) groups is 3. The van der Waals surface area contributed by atoms with Gasteiger partial charge in [-0.15, -0.1) is 11.8 Å². The maximum atomic E-state index is 12.3. The number of thioether (sulfide) groups is 1. The van der Waals surface area contributed by atoms with Gasteiger partial charge in [-0.3, -0.25) is 14.4 Å². The van der Waals surface area contributed by atoms with E-state index in [1.54, 1.807) is 0 Å². The van der Waals surface area contributed by atoms with Gasteiger partial charge in [-0.05, 0) is 22.4 Å². The minimum atomic E-state index is -0.994. The molecule has 2 aromatic carbocycles. The lowest BCUT2D eigenvalue weighted by Crippen LogP contribution is -2.40. The van der Waals surface area contributed by atoms with Crippen molar-refractivity contribution in [2.45, 2.75) is 12.5 Å². The third-order valence-electron chi connectivity index (χ3n) is 4.05.